The molecule has 0 spiro atoms. The molecule has 0 aliphatic heterocycles. The lowest BCUT2D eigenvalue weighted by atomic mass is 10.2. The van der Waals surface area contributed by atoms with Crippen molar-refractivity contribution >= 4 is 21.9 Å². The maximum absolute atomic E-state index is 10.9. The Bertz CT molecular complexity index is 445. The second-order valence-electron chi connectivity index (χ2n) is 4.06. The zero-order valence-corrected chi connectivity index (χ0v) is 12.7. The van der Waals surface area contributed by atoms with E-state index in [1.165, 1.54) is 19.2 Å². The molecule has 0 atom stereocenters. The largest absolute Gasteiger partial charge is 0.493 e. The second-order valence-corrected chi connectivity index (χ2v) is 4.92. The van der Waals surface area contributed by atoms with Crippen LogP contribution in [0.3, 0.4) is 0 Å². The van der Waals surface area contributed by atoms with Gasteiger partial charge in [-0.1, -0.05) is 0 Å². The maximum atomic E-state index is 10.9. The van der Waals surface area contributed by atoms with Crippen molar-refractivity contribution in [2.45, 2.75) is 20.0 Å². The van der Waals surface area contributed by atoms with Crippen LogP contribution in [-0.4, -0.2) is 37.5 Å². The predicted molar refractivity (Wildman–Crippen MR) is 74.2 cm³/mol. The number of carboxylic acid groups (broad SMARTS) is 1. The molecule has 106 valence electrons. The standard InChI is InChI=1S/C13H17BrO5/c1-8(2)18-4-5-19-12-10(14)6-9(13(15)16)7-11(12)17-3/h6-8H,4-5H2,1-3H3,(H,15,16). The summed E-state index contributed by atoms with van der Waals surface area (Å²) in [6.45, 7) is 4.70. The summed E-state index contributed by atoms with van der Waals surface area (Å²) in [7, 11) is 1.46. The first-order valence-corrected chi connectivity index (χ1v) is 6.60. The highest BCUT2D eigenvalue weighted by molar-refractivity contribution is 9.10. The summed E-state index contributed by atoms with van der Waals surface area (Å²) in [4.78, 5) is 10.9. The van der Waals surface area contributed by atoms with Crippen molar-refractivity contribution in [3.63, 3.8) is 0 Å². The van der Waals surface area contributed by atoms with E-state index in [2.05, 4.69) is 15.9 Å². The van der Waals surface area contributed by atoms with E-state index in [9.17, 15) is 4.79 Å². The van der Waals surface area contributed by atoms with Gasteiger partial charge in [0.1, 0.15) is 6.61 Å². The van der Waals surface area contributed by atoms with Gasteiger partial charge in [-0.15, -0.1) is 0 Å². The van der Waals surface area contributed by atoms with Gasteiger partial charge in [0.2, 0.25) is 0 Å². The van der Waals surface area contributed by atoms with Crippen LogP contribution in [0.2, 0.25) is 0 Å². The van der Waals surface area contributed by atoms with Gasteiger partial charge < -0.3 is 19.3 Å². The van der Waals surface area contributed by atoms with Gasteiger partial charge in [0.15, 0.2) is 11.5 Å². The molecule has 6 heteroatoms. The highest BCUT2D eigenvalue weighted by Crippen LogP contribution is 2.36. The van der Waals surface area contributed by atoms with Gasteiger partial charge in [-0.3, -0.25) is 0 Å². The number of aromatic carboxylic acids is 1. The first kappa shape index (κ1) is 15.8. The Kier molecular flexibility index (Phi) is 6.11. The van der Waals surface area contributed by atoms with Crippen molar-refractivity contribution in [3.8, 4) is 11.5 Å². The second kappa shape index (κ2) is 7.35. The number of benzene rings is 1. The van der Waals surface area contributed by atoms with Crippen molar-refractivity contribution in [1.29, 1.82) is 0 Å². The molecule has 0 unspecified atom stereocenters. The summed E-state index contributed by atoms with van der Waals surface area (Å²) < 4.78 is 16.6. The molecule has 1 aromatic rings. The van der Waals surface area contributed by atoms with Gasteiger partial charge in [0.05, 0.1) is 29.9 Å². The Morgan fingerprint density at radius 1 is 1.37 bits per heavy atom. The summed E-state index contributed by atoms with van der Waals surface area (Å²) >= 11 is 3.28. The fourth-order valence-electron chi connectivity index (χ4n) is 1.41. The van der Waals surface area contributed by atoms with Crippen molar-refractivity contribution < 1.29 is 24.1 Å². The number of hydrogen-bond acceptors (Lipinski definition) is 4. The average Bonchev–Trinajstić information content (AvgIpc) is 2.34. The summed E-state index contributed by atoms with van der Waals surface area (Å²) in [5.74, 6) is -0.176. The Morgan fingerprint density at radius 2 is 2.05 bits per heavy atom. The van der Waals surface area contributed by atoms with Crippen molar-refractivity contribution in [1.82, 2.24) is 0 Å². The highest BCUT2D eigenvalue weighted by Gasteiger charge is 2.14. The van der Waals surface area contributed by atoms with Crippen LogP contribution in [0.4, 0.5) is 0 Å². The fourth-order valence-corrected chi connectivity index (χ4v) is 1.97. The fraction of sp³-hybridized carbons (Fsp3) is 0.462. The van der Waals surface area contributed by atoms with Crippen LogP contribution in [0, 0.1) is 0 Å². The van der Waals surface area contributed by atoms with Crippen molar-refractivity contribution in [2.24, 2.45) is 0 Å². The van der Waals surface area contributed by atoms with E-state index >= 15 is 0 Å². The topological polar surface area (TPSA) is 65.0 Å². The Labute approximate surface area is 120 Å². The minimum absolute atomic E-state index is 0.134. The van der Waals surface area contributed by atoms with Gasteiger partial charge in [-0.2, -0.15) is 0 Å². The quantitative estimate of drug-likeness (QED) is 0.777. The molecular weight excluding hydrogens is 316 g/mol. The number of carbonyl (C=O) groups is 1. The molecule has 0 fully saturated rings. The van der Waals surface area contributed by atoms with E-state index in [1.54, 1.807) is 0 Å². The Hall–Kier alpha value is -1.27. The zero-order chi connectivity index (χ0) is 14.4. The van der Waals surface area contributed by atoms with E-state index in [1.807, 2.05) is 13.8 Å². The molecule has 1 rings (SSSR count). The third-order valence-corrected chi connectivity index (χ3v) is 2.85. The number of rotatable bonds is 7. The molecule has 0 amide bonds. The lowest BCUT2D eigenvalue weighted by molar-refractivity contribution is 0.0544. The van der Waals surface area contributed by atoms with Crippen LogP contribution < -0.4 is 9.47 Å². The first-order chi connectivity index (χ1) is 8.95. The van der Waals surface area contributed by atoms with E-state index in [4.69, 9.17) is 19.3 Å². The van der Waals surface area contributed by atoms with E-state index in [-0.39, 0.29) is 11.7 Å². The Morgan fingerprint density at radius 3 is 2.58 bits per heavy atom. The molecule has 0 bridgehead atoms. The molecule has 0 saturated carbocycles. The van der Waals surface area contributed by atoms with Crippen LogP contribution in [0.15, 0.2) is 16.6 Å². The number of hydrogen-bond donors (Lipinski definition) is 1. The number of methoxy groups -OCH3 is 1. The van der Waals surface area contributed by atoms with Crippen LogP contribution in [0.5, 0.6) is 11.5 Å². The monoisotopic (exact) mass is 332 g/mol. The highest BCUT2D eigenvalue weighted by atomic mass is 79.9. The molecule has 0 aliphatic rings. The molecule has 5 nitrogen and oxygen atoms in total. The average molecular weight is 333 g/mol. The molecule has 0 aromatic heterocycles. The molecule has 0 saturated heterocycles. The first-order valence-electron chi connectivity index (χ1n) is 5.81. The number of carboxylic acids is 1. The smallest absolute Gasteiger partial charge is 0.335 e. The zero-order valence-electron chi connectivity index (χ0n) is 11.1. The van der Waals surface area contributed by atoms with Gasteiger partial charge >= 0.3 is 5.97 Å². The number of ether oxygens (including phenoxy) is 3. The summed E-state index contributed by atoms with van der Waals surface area (Å²) in [6.07, 6.45) is 0.142. The van der Waals surface area contributed by atoms with Crippen LogP contribution >= 0.6 is 15.9 Å². The molecule has 19 heavy (non-hydrogen) atoms. The molecule has 0 aliphatic carbocycles. The maximum Gasteiger partial charge on any atom is 0.335 e. The summed E-state index contributed by atoms with van der Waals surface area (Å²) in [5.41, 5.74) is 0.134. The molecular formula is C13H17BrO5. The lowest BCUT2D eigenvalue weighted by Crippen LogP contribution is -2.12. The third-order valence-electron chi connectivity index (χ3n) is 2.26. The summed E-state index contributed by atoms with van der Waals surface area (Å²) in [5, 5.41) is 8.96. The SMILES string of the molecule is COc1cc(C(=O)O)cc(Br)c1OCCOC(C)C. The van der Waals surface area contributed by atoms with Crippen LogP contribution in [0.25, 0.3) is 0 Å². The van der Waals surface area contributed by atoms with Gasteiger partial charge in [-0.05, 0) is 41.9 Å². The predicted octanol–water partition coefficient (Wildman–Crippen LogP) is 2.96. The minimum Gasteiger partial charge on any atom is -0.493 e. The van der Waals surface area contributed by atoms with Gasteiger partial charge in [0.25, 0.3) is 0 Å². The molecule has 0 heterocycles. The third kappa shape index (κ3) is 4.72. The van der Waals surface area contributed by atoms with Crippen LogP contribution in [-0.2, 0) is 4.74 Å². The van der Waals surface area contributed by atoms with Crippen molar-refractivity contribution in [3.05, 3.63) is 22.2 Å². The normalized spacial score (nSPS) is 10.6. The number of halogens is 1. The van der Waals surface area contributed by atoms with E-state index in [0.29, 0.717) is 29.2 Å². The van der Waals surface area contributed by atoms with Gasteiger partial charge in [0, 0.05) is 0 Å². The van der Waals surface area contributed by atoms with E-state index < -0.39 is 5.97 Å². The lowest BCUT2D eigenvalue weighted by Gasteiger charge is -2.14. The minimum atomic E-state index is -1.02. The van der Waals surface area contributed by atoms with Gasteiger partial charge in [-0.25, -0.2) is 4.79 Å². The van der Waals surface area contributed by atoms with Crippen LogP contribution in [0.1, 0.15) is 24.2 Å². The molecule has 1 aromatic carbocycles. The van der Waals surface area contributed by atoms with E-state index in [0.717, 1.165) is 0 Å². The Balaban J connectivity index is 2.79. The molecule has 1 N–H and O–H groups in total. The van der Waals surface area contributed by atoms with Crippen molar-refractivity contribution in [2.75, 3.05) is 20.3 Å². The molecule has 0 radical (unpaired) electrons. The summed E-state index contributed by atoms with van der Waals surface area (Å²) in [6, 6.07) is 2.90.